The minimum Gasteiger partial charge on any atom is -0.484 e. The first kappa shape index (κ1) is 27.0. The summed E-state index contributed by atoms with van der Waals surface area (Å²) in [4.78, 5) is 35.7. The molecule has 0 unspecified atom stereocenters. The molecular weight excluding hydrogens is 458 g/mol. The standard InChI is InChI=1S/C25H32ClN3O5/c1-16-12-20(13-17(2)23(16)26)33-15-22(31)28-14-18-6-8-19(9-7-18)29-21(30)10-11-27-24(32)34-25(3,4)5/h6-9,12-13H,10-11,14-15H2,1-5H3,(H,27,32)(H,28,31)(H,29,30). The van der Waals surface area contributed by atoms with Crippen LogP contribution in [0.1, 0.15) is 43.9 Å². The third-order valence-corrected chi connectivity index (χ3v) is 5.12. The zero-order valence-corrected chi connectivity index (χ0v) is 21.0. The van der Waals surface area contributed by atoms with Crippen LogP contribution in [0, 0.1) is 13.8 Å². The summed E-state index contributed by atoms with van der Waals surface area (Å²) in [7, 11) is 0. The smallest absolute Gasteiger partial charge is 0.407 e. The van der Waals surface area contributed by atoms with Crippen LogP contribution in [0.5, 0.6) is 5.75 Å². The molecule has 0 saturated carbocycles. The van der Waals surface area contributed by atoms with E-state index in [-0.39, 0.29) is 31.4 Å². The molecule has 9 heteroatoms. The van der Waals surface area contributed by atoms with Gasteiger partial charge in [0.1, 0.15) is 11.4 Å². The van der Waals surface area contributed by atoms with Gasteiger partial charge in [0, 0.05) is 30.2 Å². The van der Waals surface area contributed by atoms with Crippen molar-refractivity contribution in [2.24, 2.45) is 0 Å². The summed E-state index contributed by atoms with van der Waals surface area (Å²) in [5.41, 5.74) is 2.69. The lowest BCUT2D eigenvalue weighted by atomic mass is 10.1. The number of rotatable bonds is 9. The van der Waals surface area contributed by atoms with E-state index in [9.17, 15) is 14.4 Å². The molecule has 3 N–H and O–H groups in total. The zero-order chi connectivity index (χ0) is 25.3. The van der Waals surface area contributed by atoms with Crippen molar-refractivity contribution < 1.29 is 23.9 Å². The second-order valence-corrected chi connectivity index (χ2v) is 9.24. The molecule has 0 aromatic heterocycles. The maximum absolute atomic E-state index is 12.1. The molecule has 0 aliphatic carbocycles. The van der Waals surface area contributed by atoms with Gasteiger partial charge < -0.3 is 25.4 Å². The van der Waals surface area contributed by atoms with Gasteiger partial charge in [-0.3, -0.25) is 9.59 Å². The molecule has 0 fully saturated rings. The number of aryl methyl sites for hydroxylation is 2. The molecule has 0 aliphatic rings. The fourth-order valence-corrected chi connectivity index (χ4v) is 3.02. The van der Waals surface area contributed by atoms with E-state index in [2.05, 4.69) is 16.0 Å². The van der Waals surface area contributed by atoms with E-state index in [1.54, 1.807) is 45.0 Å². The van der Waals surface area contributed by atoms with E-state index in [0.29, 0.717) is 23.0 Å². The van der Waals surface area contributed by atoms with Crippen LogP contribution in [0.4, 0.5) is 10.5 Å². The zero-order valence-electron chi connectivity index (χ0n) is 20.2. The van der Waals surface area contributed by atoms with Crippen LogP contribution in [0.25, 0.3) is 0 Å². The van der Waals surface area contributed by atoms with Crippen LogP contribution in [0.2, 0.25) is 5.02 Å². The van der Waals surface area contributed by atoms with Gasteiger partial charge in [0.25, 0.3) is 5.91 Å². The Morgan fingerprint density at radius 3 is 2.15 bits per heavy atom. The van der Waals surface area contributed by atoms with E-state index in [4.69, 9.17) is 21.1 Å². The Hall–Kier alpha value is -3.26. The molecule has 0 radical (unpaired) electrons. The first-order valence-corrected chi connectivity index (χ1v) is 11.3. The van der Waals surface area contributed by atoms with Crippen molar-refractivity contribution in [2.45, 2.75) is 53.2 Å². The molecule has 34 heavy (non-hydrogen) atoms. The fraction of sp³-hybridized carbons (Fsp3) is 0.400. The molecule has 2 rings (SSSR count). The van der Waals surface area contributed by atoms with Gasteiger partial charge >= 0.3 is 6.09 Å². The maximum Gasteiger partial charge on any atom is 0.407 e. The molecule has 0 aliphatic heterocycles. The molecule has 0 saturated heterocycles. The van der Waals surface area contributed by atoms with Gasteiger partial charge in [0.2, 0.25) is 5.91 Å². The quantitative estimate of drug-likeness (QED) is 0.480. The van der Waals surface area contributed by atoms with Crippen LogP contribution in [-0.2, 0) is 20.9 Å². The van der Waals surface area contributed by atoms with Gasteiger partial charge in [0.15, 0.2) is 6.61 Å². The molecule has 0 spiro atoms. The Balaban J connectivity index is 1.70. The number of carbonyl (C=O) groups is 3. The van der Waals surface area contributed by atoms with E-state index >= 15 is 0 Å². The fourth-order valence-electron chi connectivity index (χ4n) is 2.91. The van der Waals surface area contributed by atoms with Gasteiger partial charge in [-0.05, 0) is 75.6 Å². The van der Waals surface area contributed by atoms with Crippen molar-refractivity contribution in [1.29, 1.82) is 0 Å². The number of nitrogens with one attached hydrogen (secondary N) is 3. The number of alkyl carbamates (subject to hydrolysis) is 1. The summed E-state index contributed by atoms with van der Waals surface area (Å²) in [6.45, 7) is 9.47. The highest BCUT2D eigenvalue weighted by atomic mass is 35.5. The van der Waals surface area contributed by atoms with Crippen LogP contribution in [0.15, 0.2) is 36.4 Å². The normalized spacial score (nSPS) is 10.9. The predicted octanol–water partition coefficient (Wildman–Crippen LogP) is 4.51. The van der Waals surface area contributed by atoms with Gasteiger partial charge in [-0.2, -0.15) is 0 Å². The lowest BCUT2D eigenvalue weighted by molar-refractivity contribution is -0.123. The summed E-state index contributed by atoms with van der Waals surface area (Å²) >= 11 is 6.14. The number of anilines is 1. The summed E-state index contributed by atoms with van der Waals surface area (Å²) < 4.78 is 10.7. The van der Waals surface area contributed by atoms with Crippen LogP contribution >= 0.6 is 11.6 Å². The summed E-state index contributed by atoms with van der Waals surface area (Å²) in [6.07, 6.45) is -0.445. The Labute approximate surface area is 205 Å². The van der Waals surface area contributed by atoms with Crippen molar-refractivity contribution in [2.75, 3.05) is 18.5 Å². The largest absolute Gasteiger partial charge is 0.484 e. The molecule has 0 bridgehead atoms. The van der Waals surface area contributed by atoms with E-state index < -0.39 is 11.7 Å². The maximum atomic E-state index is 12.1. The molecule has 0 atom stereocenters. The Kier molecular flexibility index (Phi) is 9.74. The Bertz CT molecular complexity index is 993. The van der Waals surface area contributed by atoms with Crippen LogP contribution in [0.3, 0.4) is 0 Å². The molecular formula is C25H32ClN3O5. The number of benzene rings is 2. The molecule has 0 heterocycles. The van der Waals surface area contributed by atoms with Crippen molar-refractivity contribution in [3.8, 4) is 5.75 Å². The highest BCUT2D eigenvalue weighted by molar-refractivity contribution is 6.32. The van der Waals surface area contributed by atoms with Crippen molar-refractivity contribution in [3.63, 3.8) is 0 Å². The molecule has 8 nitrogen and oxygen atoms in total. The van der Waals surface area contributed by atoms with E-state index in [0.717, 1.165) is 16.7 Å². The second-order valence-electron chi connectivity index (χ2n) is 8.86. The topological polar surface area (TPSA) is 106 Å². The average Bonchev–Trinajstić information content (AvgIpc) is 2.74. The SMILES string of the molecule is Cc1cc(OCC(=O)NCc2ccc(NC(=O)CCNC(=O)OC(C)(C)C)cc2)cc(C)c1Cl. The van der Waals surface area contributed by atoms with Crippen molar-refractivity contribution in [1.82, 2.24) is 10.6 Å². The third kappa shape index (κ3) is 9.70. The molecule has 2 aromatic carbocycles. The van der Waals surface area contributed by atoms with Crippen molar-refractivity contribution >= 4 is 35.2 Å². The first-order valence-electron chi connectivity index (χ1n) is 10.9. The molecule has 184 valence electrons. The van der Waals surface area contributed by atoms with Gasteiger partial charge in [-0.15, -0.1) is 0 Å². The third-order valence-electron chi connectivity index (χ3n) is 4.53. The predicted molar refractivity (Wildman–Crippen MR) is 132 cm³/mol. The number of amides is 3. The molecule has 2 aromatic rings. The van der Waals surface area contributed by atoms with E-state index in [1.807, 2.05) is 26.0 Å². The minimum absolute atomic E-state index is 0.105. The second kappa shape index (κ2) is 12.3. The highest BCUT2D eigenvalue weighted by Crippen LogP contribution is 2.25. The van der Waals surface area contributed by atoms with E-state index in [1.165, 1.54) is 0 Å². The Morgan fingerprint density at radius 2 is 1.56 bits per heavy atom. The number of hydrogen-bond acceptors (Lipinski definition) is 5. The monoisotopic (exact) mass is 489 g/mol. The van der Waals surface area contributed by atoms with Crippen molar-refractivity contribution in [3.05, 3.63) is 58.1 Å². The summed E-state index contributed by atoms with van der Waals surface area (Å²) in [6, 6.07) is 10.7. The number of halogens is 1. The highest BCUT2D eigenvalue weighted by Gasteiger charge is 2.16. The Morgan fingerprint density at radius 1 is 0.941 bits per heavy atom. The van der Waals surface area contributed by atoms with Crippen LogP contribution in [-0.4, -0.2) is 36.7 Å². The van der Waals surface area contributed by atoms with Gasteiger partial charge in [-0.25, -0.2) is 4.79 Å². The first-order chi connectivity index (χ1) is 15.9. The molecule has 3 amide bonds. The lowest BCUT2D eigenvalue weighted by Crippen LogP contribution is -2.34. The minimum atomic E-state index is -0.588. The van der Waals surface area contributed by atoms with Gasteiger partial charge in [-0.1, -0.05) is 23.7 Å². The average molecular weight is 490 g/mol. The van der Waals surface area contributed by atoms with Gasteiger partial charge in [0.05, 0.1) is 0 Å². The van der Waals surface area contributed by atoms with Crippen LogP contribution < -0.4 is 20.7 Å². The number of hydrogen-bond donors (Lipinski definition) is 3. The summed E-state index contributed by atoms with van der Waals surface area (Å²) in [5.74, 6) is 0.109. The lowest BCUT2D eigenvalue weighted by Gasteiger charge is -2.19. The summed E-state index contributed by atoms with van der Waals surface area (Å²) in [5, 5.41) is 8.79. The number of ether oxygens (including phenoxy) is 2. The number of carbonyl (C=O) groups excluding carboxylic acids is 3.